The lowest BCUT2D eigenvalue weighted by Crippen LogP contribution is -2.35. The fraction of sp³-hybridized carbons (Fsp3) is 0.357. The van der Waals surface area contributed by atoms with E-state index in [1.165, 1.54) is 4.88 Å². The van der Waals surface area contributed by atoms with Gasteiger partial charge >= 0.3 is 6.18 Å². The molecule has 0 aliphatic carbocycles. The SMILES string of the molecule is I.NC(=NCCc1cccs1)NCCNc1nccc(C(F)(F)F)n1. The van der Waals surface area contributed by atoms with Crippen molar-refractivity contribution in [2.45, 2.75) is 12.6 Å². The summed E-state index contributed by atoms with van der Waals surface area (Å²) in [5.74, 6) is 0.207. The van der Waals surface area contributed by atoms with E-state index in [0.717, 1.165) is 18.7 Å². The average Bonchev–Trinajstić information content (AvgIpc) is 3.04. The smallest absolute Gasteiger partial charge is 0.370 e. The number of anilines is 1. The van der Waals surface area contributed by atoms with Crippen LogP contribution in [0.25, 0.3) is 0 Å². The van der Waals surface area contributed by atoms with Crippen LogP contribution < -0.4 is 16.4 Å². The van der Waals surface area contributed by atoms with E-state index in [4.69, 9.17) is 5.73 Å². The van der Waals surface area contributed by atoms with Gasteiger partial charge in [-0.3, -0.25) is 4.99 Å². The van der Waals surface area contributed by atoms with Gasteiger partial charge in [-0.25, -0.2) is 9.97 Å². The van der Waals surface area contributed by atoms with E-state index in [2.05, 4.69) is 25.6 Å². The monoisotopic (exact) mass is 486 g/mol. The van der Waals surface area contributed by atoms with Gasteiger partial charge in [0.15, 0.2) is 5.96 Å². The third kappa shape index (κ3) is 7.86. The van der Waals surface area contributed by atoms with E-state index >= 15 is 0 Å². The van der Waals surface area contributed by atoms with Crippen molar-refractivity contribution in [1.82, 2.24) is 15.3 Å². The first kappa shape index (κ1) is 21.4. The highest BCUT2D eigenvalue weighted by Crippen LogP contribution is 2.27. The zero-order valence-electron chi connectivity index (χ0n) is 13.1. The molecule has 2 aromatic rings. The fourth-order valence-corrected chi connectivity index (χ4v) is 2.46. The number of alkyl halides is 3. The molecule has 4 N–H and O–H groups in total. The van der Waals surface area contributed by atoms with Gasteiger partial charge in [0.05, 0.1) is 0 Å². The van der Waals surface area contributed by atoms with E-state index in [1.807, 2.05) is 17.5 Å². The summed E-state index contributed by atoms with van der Waals surface area (Å²) in [6, 6.07) is 4.83. The highest BCUT2D eigenvalue weighted by molar-refractivity contribution is 14.0. The Labute approximate surface area is 164 Å². The second-order valence-corrected chi connectivity index (χ2v) is 5.75. The lowest BCUT2D eigenvalue weighted by molar-refractivity contribution is -0.141. The average molecular weight is 486 g/mol. The Kier molecular flexibility index (Phi) is 8.89. The second kappa shape index (κ2) is 10.4. The van der Waals surface area contributed by atoms with Crippen LogP contribution in [0.5, 0.6) is 0 Å². The molecule has 0 fully saturated rings. The Bertz CT molecular complexity index is 663. The number of guanidine groups is 1. The molecule has 0 aromatic carbocycles. The van der Waals surface area contributed by atoms with Crippen molar-refractivity contribution < 1.29 is 13.2 Å². The lowest BCUT2D eigenvalue weighted by Gasteiger charge is -2.09. The van der Waals surface area contributed by atoms with Crippen LogP contribution in [0, 0.1) is 0 Å². The fourth-order valence-electron chi connectivity index (χ4n) is 1.76. The summed E-state index contributed by atoms with van der Waals surface area (Å²) in [7, 11) is 0. The standard InChI is InChI=1S/C14H17F3N6S.HI/c15-14(16,17)11-4-6-21-13(23-11)22-8-7-20-12(18)19-5-3-10-2-1-9-24-10;/h1-2,4,6,9H,3,5,7-8H2,(H3,18,19,20)(H,21,22,23);1H. The summed E-state index contributed by atoms with van der Waals surface area (Å²) in [5.41, 5.74) is 4.72. The first-order valence-corrected chi connectivity index (χ1v) is 8.03. The number of nitrogens with zero attached hydrogens (tertiary/aromatic N) is 3. The molecule has 138 valence electrons. The molecule has 0 spiro atoms. The molecular weight excluding hydrogens is 468 g/mol. The maximum atomic E-state index is 12.5. The maximum absolute atomic E-state index is 12.5. The minimum absolute atomic E-state index is 0. The molecule has 0 aliphatic rings. The Morgan fingerprint density at radius 2 is 2.08 bits per heavy atom. The van der Waals surface area contributed by atoms with Gasteiger partial charge < -0.3 is 16.4 Å². The number of aromatic nitrogens is 2. The summed E-state index contributed by atoms with van der Waals surface area (Å²) in [6.07, 6.45) is -2.61. The molecule has 2 aromatic heterocycles. The molecular formula is C14H18F3IN6S. The third-order valence-electron chi connectivity index (χ3n) is 2.88. The topological polar surface area (TPSA) is 88.2 Å². The van der Waals surface area contributed by atoms with Crippen LogP contribution in [0.1, 0.15) is 10.6 Å². The van der Waals surface area contributed by atoms with Gasteiger partial charge in [-0.15, -0.1) is 35.3 Å². The Balaban J connectivity index is 0.00000312. The summed E-state index contributed by atoms with van der Waals surface area (Å²) in [4.78, 5) is 12.5. The van der Waals surface area contributed by atoms with Crippen molar-refractivity contribution in [3.05, 3.63) is 40.3 Å². The van der Waals surface area contributed by atoms with E-state index in [1.54, 1.807) is 11.3 Å². The maximum Gasteiger partial charge on any atom is 0.433 e. The molecule has 0 aliphatic heterocycles. The van der Waals surface area contributed by atoms with Gasteiger partial charge in [-0.2, -0.15) is 13.2 Å². The zero-order chi connectivity index (χ0) is 17.4. The van der Waals surface area contributed by atoms with Crippen LogP contribution in [-0.2, 0) is 12.6 Å². The van der Waals surface area contributed by atoms with Gasteiger partial charge in [-0.05, 0) is 17.5 Å². The first-order chi connectivity index (χ1) is 11.4. The van der Waals surface area contributed by atoms with Crippen molar-refractivity contribution in [1.29, 1.82) is 0 Å². The zero-order valence-corrected chi connectivity index (χ0v) is 16.2. The highest BCUT2D eigenvalue weighted by Gasteiger charge is 2.32. The largest absolute Gasteiger partial charge is 0.433 e. The number of hydrogen-bond donors (Lipinski definition) is 3. The van der Waals surface area contributed by atoms with Crippen LogP contribution in [0.4, 0.5) is 19.1 Å². The van der Waals surface area contributed by atoms with Crippen molar-refractivity contribution in [2.24, 2.45) is 10.7 Å². The summed E-state index contributed by atoms with van der Waals surface area (Å²) >= 11 is 1.66. The highest BCUT2D eigenvalue weighted by atomic mass is 127. The number of nitrogens with two attached hydrogens (primary N) is 1. The predicted molar refractivity (Wildman–Crippen MR) is 103 cm³/mol. The van der Waals surface area contributed by atoms with E-state index in [9.17, 15) is 13.2 Å². The van der Waals surface area contributed by atoms with Gasteiger partial charge in [0.2, 0.25) is 5.95 Å². The van der Waals surface area contributed by atoms with Crippen LogP contribution in [0.2, 0.25) is 0 Å². The van der Waals surface area contributed by atoms with Gasteiger partial charge in [0.1, 0.15) is 5.69 Å². The predicted octanol–water partition coefficient (Wildman–Crippen LogP) is 2.73. The summed E-state index contributed by atoms with van der Waals surface area (Å²) < 4.78 is 37.6. The molecule has 0 radical (unpaired) electrons. The quantitative estimate of drug-likeness (QED) is 0.243. The van der Waals surface area contributed by atoms with Gasteiger partial charge in [0.25, 0.3) is 0 Å². The van der Waals surface area contributed by atoms with Crippen LogP contribution in [-0.4, -0.2) is 35.6 Å². The molecule has 2 rings (SSSR count). The Hall–Kier alpha value is -1.63. The van der Waals surface area contributed by atoms with Crippen molar-refractivity contribution in [3.8, 4) is 0 Å². The minimum Gasteiger partial charge on any atom is -0.370 e. The van der Waals surface area contributed by atoms with Gasteiger partial charge in [0, 0.05) is 37.1 Å². The third-order valence-corrected chi connectivity index (χ3v) is 3.82. The Morgan fingerprint density at radius 3 is 2.76 bits per heavy atom. The normalized spacial score (nSPS) is 11.7. The molecule has 2 heterocycles. The molecule has 0 saturated heterocycles. The molecule has 11 heteroatoms. The van der Waals surface area contributed by atoms with E-state index < -0.39 is 11.9 Å². The van der Waals surface area contributed by atoms with Crippen LogP contribution in [0.3, 0.4) is 0 Å². The van der Waals surface area contributed by atoms with Crippen molar-refractivity contribution in [2.75, 3.05) is 25.0 Å². The minimum atomic E-state index is -4.49. The number of aliphatic imine (C=N–C) groups is 1. The Morgan fingerprint density at radius 1 is 1.28 bits per heavy atom. The van der Waals surface area contributed by atoms with Crippen molar-refractivity contribution >= 4 is 47.2 Å². The van der Waals surface area contributed by atoms with E-state index in [0.29, 0.717) is 25.6 Å². The summed E-state index contributed by atoms with van der Waals surface area (Å²) in [5, 5.41) is 7.57. The van der Waals surface area contributed by atoms with Gasteiger partial charge in [-0.1, -0.05) is 6.07 Å². The number of thiophene rings is 1. The summed E-state index contributed by atoms with van der Waals surface area (Å²) in [6.45, 7) is 1.26. The molecule has 6 nitrogen and oxygen atoms in total. The number of hydrogen-bond acceptors (Lipinski definition) is 5. The molecule has 0 atom stereocenters. The molecule has 0 amide bonds. The first-order valence-electron chi connectivity index (χ1n) is 7.15. The molecule has 25 heavy (non-hydrogen) atoms. The molecule has 0 unspecified atom stereocenters. The van der Waals surface area contributed by atoms with Crippen LogP contribution >= 0.6 is 35.3 Å². The molecule has 0 saturated carbocycles. The number of nitrogens with one attached hydrogen (secondary N) is 2. The molecule has 0 bridgehead atoms. The second-order valence-electron chi connectivity index (χ2n) is 4.71. The number of rotatable bonds is 7. The lowest BCUT2D eigenvalue weighted by atomic mass is 10.3. The van der Waals surface area contributed by atoms with Crippen LogP contribution in [0.15, 0.2) is 34.8 Å². The number of halogens is 4. The van der Waals surface area contributed by atoms with E-state index in [-0.39, 0.29) is 29.9 Å². The van der Waals surface area contributed by atoms with Crippen molar-refractivity contribution in [3.63, 3.8) is 0 Å².